The first-order valence-electron chi connectivity index (χ1n) is 1.61. The van der Waals surface area contributed by atoms with Gasteiger partial charge in [0.25, 0.3) is 0 Å². The molecule has 3 heteroatoms. The third-order valence-electron chi connectivity index (χ3n) is 0. The summed E-state index contributed by atoms with van der Waals surface area (Å²) >= 11 is 0. The second-order valence-corrected chi connectivity index (χ2v) is 0.992. The van der Waals surface area contributed by atoms with Crippen LogP contribution in [0.5, 0.6) is 0 Å². The summed E-state index contributed by atoms with van der Waals surface area (Å²) in [5.74, 6) is 0.167. The van der Waals surface area contributed by atoms with Crippen LogP contribution in [-0.2, 0) is 14.4 Å². The Kier molecular flexibility index (Phi) is 12.0. The van der Waals surface area contributed by atoms with Crippen LogP contribution in [0.25, 0.3) is 0 Å². The molecule has 0 aromatic heterocycles. The van der Waals surface area contributed by atoms with E-state index < -0.39 is 0 Å². The van der Waals surface area contributed by atoms with Gasteiger partial charge in [0.2, 0.25) is 0 Å². The highest BCUT2D eigenvalue weighted by Crippen LogP contribution is 1.50. The van der Waals surface area contributed by atoms with Gasteiger partial charge in [-0.25, -0.2) is 0 Å². The standard InChI is InChI=1S/C3H6O.CO2/c1-3(2)4;2-1-3/h1-2H3;. The van der Waals surface area contributed by atoms with Crippen molar-refractivity contribution >= 4 is 11.9 Å². The molecule has 0 atom stereocenters. The predicted molar refractivity (Wildman–Crippen MR) is 21.4 cm³/mol. The zero-order valence-corrected chi connectivity index (χ0v) is 4.22. The predicted octanol–water partition coefficient (Wildman–Crippen LogP) is 0.0118. The van der Waals surface area contributed by atoms with Crippen LogP contribution in [0.2, 0.25) is 0 Å². The molecule has 7 heavy (non-hydrogen) atoms. The van der Waals surface area contributed by atoms with E-state index >= 15 is 0 Å². The maximum absolute atomic E-state index is 9.44. The molecular formula is C4H6O3. The highest BCUT2D eigenvalue weighted by atomic mass is 16.2. The zero-order chi connectivity index (χ0) is 6.28. The number of ketones is 1. The molecule has 0 heterocycles. The van der Waals surface area contributed by atoms with Crippen LogP contribution in [0.3, 0.4) is 0 Å². The molecule has 0 radical (unpaired) electrons. The lowest BCUT2D eigenvalue weighted by molar-refractivity contribution is -0.191. The largest absolute Gasteiger partial charge is 0.373 e. The van der Waals surface area contributed by atoms with Gasteiger partial charge < -0.3 is 4.79 Å². The smallest absolute Gasteiger partial charge is 0.300 e. The summed E-state index contributed by atoms with van der Waals surface area (Å²) in [6, 6.07) is 0. The van der Waals surface area contributed by atoms with Crippen molar-refractivity contribution in [2.24, 2.45) is 0 Å². The Morgan fingerprint density at radius 3 is 1.29 bits per heavy atom. The number of Topliss-reactive ketones (excluding diaryl/α,β-unsaturated/α-hetero) is 1. The summed E-state index contributed by atoms with van der Waals surface area (Å²) in [5.41, 5.74) is 0. The second kappa shape index (κ2) is 8.90. The molecule has 0 aromatic rings. The molecule has 3 nitrogen and oxygen atoms in total. The van der Waals surface area contributed by atoms with Gasteiger partial charge in [-0.3, -0.25) is 0 Å². The first-order chi connectivity index (χ1) is 3.15. The van der Waals surface area contributed by atoms with Crippen LogP contribution in [-0.4, -0.2) is 11.9 Å². The van der Waals surface area contributed by atoms with Gasteiger partial charge in [-0.15, -0.1) is 0 Å². The quantitative estimate of drug-likeness (QED) is 0.433. The molecule has 0 rings (SSSR count). The van der Waals surface area contributed by atoms with Crippen molar-refractivity contribution in [3.8, 4) is 0 Å². The average Bonchev–Trinajstić information content (AvgIpc) is 1.33. The summed E-state index contributed by atoms with van der Waals surface area (Å²) < 4.78 is 0. The summed E-state index contributed by atoms with van der Waals surface area (Å²) in [5, 5.41) is 0. The Morgan fingerprint density at radius 1 is 1.29 bits per heavy atom. The maximum Gasteiger partial charge on any atom is 0.373 e. The van der Waals surface area contributed by atoms with E-state index in [2.05, 4.69) is 0 Å². The van der Waals surface area contributed by atoms with E-state index in [-0.39, 0.29) is 11.9 Å². The van der Waals surface area contributed by atoms with Gasteiger partial charge in [0.15, 0.2) is 0 Å². The van der Waals surface area contributed by atoms with Crippen molar-refractivity contribution in [1.82, 2.24) is 0 Å². The second-order valence-electron chi connectivity index (χ2n) is 0.992. The molecule has 0 aromatic carbocycles. The van der Waals surface area contributed by atoms with Gasteiger partial charge in [-0.2, -0.15) is 9.59 Å². The fourth-order valence-corrected chi connectivity index (χ4v) is 0. The Hall–Kier alpha value is -0.950. The maximum atomic E-state index is 9.44. The van der Waals surface area contributed by atoms with E-state index in [0.29, 0.717) is 0 Å². The lowest BCUT2D eigenvalue weighted by atomic mass is 10.6. The van der Waals surface area contributed by atoms with E-state index in [4.69, 9.17) is 9.59 Å². The van der Waals surface area contributed by atoms with E-state index in [1.807, 2.05) is 0 Å². The summed E-state index contributed by atoms with van der Waals surface area (Å²) in [4.78, 5) is 25.7. The molecule has 0 saturated carbocycles. The Balaban J connectivity index is 0. The average molecular weight is 102 g/mol. The third-order valence-corrected chi connectivity index (χ3v) is 0. The minimum Gasteiger partial charge on any atom is -0.300 e. The summed E-state index contributed by atoms with van der Waals surface area (Å²) in [7, 11) is 0. The molecule has 0 amide bonds. The van der Waals surface area contributed by atoms with Crippen molar-refractivity contribution in [3.05, 3.63) is 0 Å². The molecule has 0 aliphatic carbocycles. The summed E-state index contributed by atoms with van der Waals surface area (Å²) in [6.45, 7) is 3.06. The van der Waals surface area contributed by atoms with Crippen molar-refractivity contribution in [2.75, 3.05) is 0 Å². The molecule has 0 spiro atoms. The van der Waals surface area contributed by atoms with Gasteiger partial charge in [-0.1, -0.05) is 0 Å². The number of hydrogen-bond donors (Lipinski definition) is 0. The molecule has 0 fully saturated rings. The fourth-order valence-electron chi connectivity index (χ4n) is 0. The lowest BCUT2D eigenvalue weighted by Crippen LogP contribution is -1.69. The monoisotopic (exact) mass is 102 g/mol. The van der Waals surface area contributed by atoms with E-state index in [1.165, 1.54) is 13.8 Å². The molecule has 0 saturated heterocycles. The fraction of sp³-hybridized carbons (Fsp3) is 0.500. The highest BCUT2D eigenvalue weighted by molar-refractivity contribution is 5.72. The minimum absolute atomic E-state index is 0.167. The van der Waals surface area contributed by atoms with Crippen molar-refractivity contribution in [1.29, 1.82) is 0 Å². The van der Waals surface area contributed by atoms with Crippen molar-refractivity contribution in [2.45, 2.75) is 13.8 Å². The molecule has 0 unspecified atom stereocenters. The Morgan fingerprint density at radius 2 is 1.29 bits per heavy atom. The number of hydrogen-bond acceptors (Lipinski definition) is 3. The Labute approximate surface area is 41.3 Å². The molecule has 0 aliphatic heterocycles. The molecule has 0 N–H and O–H groups in total. The molecule has 40 valence electrons. The van der Waals surface area contributed by atoms with Gasteiger partial charge >= 0.3 is 6.15 Å². The van der Waals surface area contributed by atoms with Crippen LogP contribution in [0, 0.1) is 0 Å². The first kappa shape index (κ1) is 9.41. The van der Waals surface area contributed by atoms with Gasteiger partial charge in [-0.05, 0) is 13.8 Å². The van der Waals surface area contributed by atoms with Crippen LogP contribution in [0.15, 0.2) is 0 Å². The van der Waals surface area contributed by atoms with Crippen LogP contribution in [0.4, 0.5) is 0 Å². The Bertz CT molecular complexity index is 74.9. The third kappa shape index (κ3) is 52.1. The SMILES string of the molecule is CC(C)=O.O=C=O. The number of carbonyl (C=O) groups excluding carboxylic acids is 3. The normalized spacial score (nSPS) is 4.86. The van der Waals surface area contributed by atoms with Gasteiger partial charge in [0.1, 0.15) is 5.78 Å². The van der Waals surface area contributed by atoms with E-state index in [0.717, 1.165) is 0 Å². The molecule has 0 bridgehead atoms. The molecule has 0 aliphatic rings. The van der Waals surface area contributed by atoms with E-state index in [1.54, 1.807) is 0 Å². The highest BCUT2D eigenvalue weighted by Gasteiger charge is 1.62. The summed E-state index contributed by atoms with van der Waals surface area (Å²) in [6.07, 6.45) is 0.250. The van der Waals surface area contributed by atoms with Crippen molar-refractivity contribution in [3.63, 3.8) is 0 Å². The van der Waals surface area contributed by atoms with Crippen LogP contribution >= 0.6 is 0 Å². The lowest BCUT2D eigenvalue weighted by Gasteiger charge is -1.56. The topological polar surface area (TPSA) is 51.2 Å². The zero-order valence-electron chi connectivity index (χ0n) is 4.22. The number of rotatable bonds is 0. The minimum atomic E-state index is 0.167. The van der Waals surface area contributed by atoms with Crippen LogP contribution < -0.4 is 0 Å². The molecular weight excluding hydrogens is 96.0 g/mol. The first-order valence-corrected chi connectivity index (χ1v) is 1.61. The van der Waals surface area contributed by atoms with Gasteiger partial charge in [0.05, 0.1) is 0 Å². The number of carbonyl (C=O) groups is 1. The van der Waals surface area contributed by atoms with Crippen LogP contribution in [0.1, 0.15) is 13.8 Å². The van der Waals surface area contributed by atoms with Crippen molar-refractivity contribution < 1.29 is 14.4 Å². The van der Waals surface area contributed by atoms with E-state index in [9.17, 15) is 4.79 Å². The van der Waals surface area contributed by atoms with Gasteiger partial charge in [0, 0.05) is 0 Å².